The first-order chi connectivity index (χ1) is 14.9. The van der Waals surface area contributed by atoms with E-state index in [9.17, 15) is 28.8 Å². The highest BCUT2D eigenvalue weighted by Gasteiger charge is 2.29. The quantitative estimate of drug-likeness (QED) is 0.107. The molecule has 0 aromatic carbocycles. The third kappa shape index (κ3) is 11.8. The first kappa shape index (κ1) is 28.7. The molecule has 0 aliphatic heterocycles. The van der Waals surface area contributed by atoms with Crippen LogP contribution in [0.1, 0.15) is 45.4 Å². The van der Waals surface area contributed by atoms with E-state index >= 15 is 0 Å². The molecule has 0 spiro atoms. The van der Waals surface area contributed by atoms with Gasteiger partial charge in [-0.1, -0.05) is 6.42 Å². The van der Waals surface area contributed by atoms with Crippen molar-refractivity contribution in [2.75, 3.05) is 6.54 Å². The maximum absolute atomic E-state index is 12.6. The normalized spacial score (nSPS) is 14.3. The Bertz CT molecular complexity index is 701. The van der Waals surface area contributed by atoms with Gasteiger partial charge in [-0.25, -0.2) is 4.79 Å². The maximum Gasteiger partial charge on any atom is 0.326 e. The van der Waals surface area contributed by atoms with E-state index in [1.165, 1.54) is 6.92 Å². The van der Waals surface area contributed by atoms with E-state index in [-0.39, 0.29) is 12.8 Å². The summed E-state index contributed by atoms with van der Waals surface area (Å²) in [4.78, 5) is 69.9. The Hall–Kier alpha value is -3.26. The number of amides is 4. The van der Waals surface area contributed by atoms with Gasteiger partial charge in [0.2, 0.25) is 23.6 Å². The largest absolute Gasteiger partial charge is 0.481 e. The summed E-state index contributed by atoms with van der Waals surface area (Å²) >= 11 is 0. The van der Waals surface area contributed by atoms with Gasteiger partial charge in [-0.15, -0.1) is 0 Å². The van der Waals surface area contributed by atoms with Crippen LogP contribution < -0.4 is 33.2 Å². The second-order valence-electron chi connectivity index (χ2n) is 7.18. The van der Waals surface area contributed by atoms with Gasteiger partial charge in [0.15, 0.2) is 0 Å². The molecule has 0 fully saturated rings. The summed E-state index contributed by atoms with van der Waals surface area (Å²) in [6.07, 6.45) is 0.335. The molecule has 0 rings (SSSR count). The highest BCUT2D eigenvalue weighted by Crippen LogP contribution is 2.03. The van der Waals surface area contributed by atoms with Crippen molar-refractivity contribution < 1.29 is 39.0 Å². The summed E-state index contributed by atoms with van der Waals surface area (Å²) in [5.74, 6) is -6.14. The van der Waals surface area contributed by atoms with Crippen molar-refractivity contribution >= 4 is 35.6 Å². The van der Waals surface area contributed by atoms with Crippen LogP contribution in [0.15, 0.2) is 0 Å². The number of nitrogens with one attached hydrogen (secondary N) is 3. The molecule has 182 valence electrons. The fraction of sp³-hybridized carbons (Fsp3) is 0.667. The molecule has 32 heavy (non-hydrogen) atoms. The monoisotopic (exact) mass is 460 g/mol. The van der Waals surface area contributed by atoms with E-state index in [1.807, 2.05) is 5.32 Å². The fourth-order valence-corrected chi connectivity index (χ4v) is 2.52. The van der Waals surface area contributed by atoms with Crippen LogP contribution in [0.5, 0.6) is 0 Å². The molecule has 0 heterocycles. The molecule has 0 saturated carbocycles. The third-order valence-electron chi connectivity index (χ3n) is 4.36. The van der Waals surface area contributed by atoms with Gasteiger partial charge in [0, 0.05) is 6.42 Å². The van der Waals surface area contributed by atoms with Crippen LogP contribution in [0, 0.1) is 0 Å². The third-order valence-corrected chi connectivity index (χ3v) is 4.36. The maximum atomic E-state index is 12.6. The van der Waals surface area contributed by atoms with Crippen molar-refractivity contribution in [3.05, 3.63) is 0 Å². The van der Waals surface area contributed by atoms with Gasteiger partial charge in [-0.3, -0.25) is 24.0 Å². The van der Waals surface area contributed by atoms with Gasteiger partial charge < -0.3 is 43.4 Å². The summed E-state index contributed by atoms with van der Waals surface area (Å²) in [5, 5.41) is 24.4. The molecule has 11 N–H and O–H groups in total. The SMILES string of the molecule is CC(NC(=O)C(CCC(N)=O)NC(=O)C(N)CCCCN)C(=O)NC(CC(=O)O)C(=O)O. The average molecular weight is 460 g/mol. The van der Waals surface area contributed by atoms with Gasteiger partial charge >= 0.3 is 11.9 Å². The number of carbonyl (C=O) groups excluding carboxylic acids is 4. The van der Waals surface area contributed by atoms with Gasteiger partial charge in [-0.05, 0) is 32.7 Å². The van der Waals surface area contributed by atoms with Crippen LogP contribution in [-0.4, -0.2) is 76.5 Å². The summed E-state index contributed by atoms with van der Waals surface area (Å²) in [5.41, 5.74) is 16.3. The van der Waals surface area contributed by atoms with Crippen LogP contribution in [0.2, 0.25) is 0 Å². The van der Waals surface area contributed by atoms with E-state index in [0.717, 1.165) is 0 Å². The summed E-state index contributed by atoms with van der Waals surface area (Å²) in [6.45, 7) is 1.67. The van der Waals surface area contributed by atoms with Crippen LogP contribution in [0.4, 0.5) is 0 Å². The number of nitrogens with two attached hydrogens (primary N) is 3. The standard InChI is InChI=1S/C18H32N6O8/c1-9(15(28)24-12(18(31)32)8-14(26)27)22-17(30)11(5-6-13(21)25)23-16(29)10(20)4-2-3-7-19/h9-12H,2-8,19-20H2,1H3,(H2,21,25)(H,22,30)(H,23,29)(H,24,28)(H,26,27)(H,31,32). The van der Waals surface area contributed by atoms with E-state index in [1.54, 1.807) is 0 Å². The number of hydrogen-bond donors (Lipinski definition) is 8. The lowest BCUT2D eigenvalue weighted by Crippen LogP contribution is -2.56. The molecule has 0 bridgehead atoms. The Morgan fingerprint density at radius 1 is 0.844 bits per heavy atom. The minimum Gasteiger partial charge on any atom is -0.481 e. The molecule has 0 aromatic heterocycles. The highest BCUT2D eigenvalue weighted by molar-refractivity contribution is 5.94. The summed E-state index contributed by atoms with van der Waals surface area (Å²) in [7, 11) is 0. The van der Waals surface area contributed by atoms with Crippen molar-refractivity contribution in [3.8, 4) is 0 Å². The molecule has 4 unspecified atom stereocenters. The number of carboxylic acid groups (broad SMARTS) is 2. The average Bonchev–Trinajstić information content (AvgIpc) is 2.69. The van der Waals surface area contributed by atoms with Crippen molar-refractivity contribution in [1.82, 2.24) is 16.0 Å². The van der Waals surface area contributed by atoms with Crippen LogP contribution in [0.3, 0.4) is 0 Å². The van der Waals surface area contributed by atoms with Crippen molar-refractivity contribution in [1.29, 1.82) is 0 Å². The van der Waals surface area contributed by atoms with Gasteiger partial charge in [0.1, 0.15) is 18.1 Å². The Balaban J connectivity index is 5.09. The molecule has 0 saturated heterocycles. The lowest BCUT2D eigenvalue weighted by Gasteiger charge is -2.23. The van der Waals surface area contributed by atoms with Crippen molar-refractivity contribution in [2.45, 2.75) is 69.6 Å². The zero-order chi connectivity index (χ0) is 24.8. The first-order valence-electron chi connectivity index (χ1n) is 9.98. The zero-order valence-corrected chi connectivity index (χ0v) is 17.8. The lowest BCUT2D eigenvalue weighted by molar-refractivity contribution is -0.147. The minimum atomic E-state index is -1.70. The lowest BCUT2D eigenvalue weighted by atomic mass is 10.1. The number of unbranched alkanes of at least 4 members (excludes halogenated alkanes) is 1. The number of primary amides is 1. The molecule has 14 heteroatoms. The molecule has 0 aromatic rings. The molecule has 0 aliphatic carbocycles. The number of aliphatic carboxylic acids is 2. The Morgan fingerprint density at radius 3 is 1.94 bits per heavy atom. The van der Waals surface area contributed by atoms with Gasteiger partial charge in [0.05, 0.1) is 12.5 Å². The number of rotatable bonds is 16. The molecule has 0 aliphatic rings. The van der Waals surface area contributed by atoms with Gasteiger partial charge in [-0.2, -0.15) is 0 Å². The second kappa shape index (κ2) is 14.7. The van der Waals surface area contributed by atoms with Crippen molar-refractivity contribution in [2.24, 2.45) is 17.2 Å². The molecular weight excluding hydrogens is 428 g/mol. The Morgan fingerprint density at radius 2 is 1.44 bits per heavy atom. The molecule has 0 radical (unpaired) electrons. The van der Waals surface area contributed by atoms with E-state index in [4.69, 9.17) is 27.4 Å². The zero-order valence-electron chi connectivity index (χ0n) is 17.8. The predicted octanol–water partition coefficient (Wildman–Crippen LogP) is -3.26. The van der Waals surface area contributed by atoms with Crippen LogP contribution >= 0.6 is 0 Å². The Kier molecular flexibility index (Phi) is 13.2. The fourth-order valence-electron chi connectivity index (χ4n) is 2.52. The topological polar surface area (TPSA) is 257 Å². The molecular formula is C18H32N6O8. The molecule has 4 atom stereocenters. The van der Waals surface area contributed by atoms with Crippen molar-refractivity contribution in [3.63, 3.8) is 0 Å². The molecule has 14 nitrogen and oxygen atoms in total. The summed E-state index contributed by atoms with van der Waals surface area (Å²) < 4.78 is 0. The first-order valence-corrected chi connectivity index (χ1v) is 9.98. The highest BCUT2D eigenvalue weighted by atomic mass is 16.4. The molecule has 4 amide bonds. The van der Waals surface area contributed by atoms with E-state index < -0.39 is 66.2 Å². The van der Waals surface area contributed by atoms with E-state index in [2.05, 4.69) is 10.6 Å². The second-order valence-corrected chi connectivity index (χ2v) is 7.18. The number of carbonyl (C=O) groups is 6. The predicted molar refractivity (Wildman–Crippen MR) is 111 cm³/mol. The smallest absolute Gasteiger partial charge is 0.326 e. The van der Waals surface area contributed by atoms with Crippen LogP contribution in [0.25, 0.3) is 0 Å². The van der Waals surface area contributed by atoms with E-state index in [0.29, 0.717) is 25.8 Å². The minimum absolute atomic E-state index is 0.159. The van der Waals surface area contributed by atoms with Gasteiger partial charge in [0.25, 0.3) is 0 Å². The number of carboxylic acids is 2. The summed E-state index contributed by atoms with van der Waals surface area (Å²) in [6, 6.07) is -5.13. The Labute approximate surface area is 184 Å². The van der Waals surface area contributed by atoms with Crippen LogP contribution in [-0.2, 0) is 28.8 Å². The number of hydrogen-bond acceptors (Lipinski definition) is 8.